The molecule has 0 amide bonds. The van der Waals surface area contributed by atoms with Crippen LogP contribution in [0.1, 0.15) is 51.6 Å². The molecule has 0 radical (unpaired) electrons. The fourth-order valence-electron chi connectivity index (χ4n) is 1.97. The summed E-state index contributed by atoms with van der Waals surface area (Å²) in [6.07, 6.45) is 1.96. The van der Waals surface area contributed by atoms with Gasteiger partial charge in [0.25, 0.3) is 0 Å². The highest BCUT2D eigenvalue weighted by atomic mass is 15.3. The van der Waals surface area contributed by atoms with E-state index in [0.29, 0.717) is 6.54 Å². The van der Waals surface area contributed by atoms with Crippen LogP contribution in [0.4, 0.5) is 0 Å². The van der Waals surface area contributed by atoms with Gasteiger partial charge >= 0.3 is 0 Å². The van der Waals surface area contributed by atoms with Gasteiger partial charge in [0.05, 0.1) is 11.2 Å². The summed E-state index contributed by atoms with van der Waals surface area (Å²) >= 11 is 0. The molecule has 3 heteroatoms. The van der Waals surface area contributed by atoms with Crippen molar-refractivity contribution in [1.82, 2.24) is 9.78 Å². The maximum Gasteiger partial charge on any atom is 0.0669 e. The zero-order valence-electron chi connectivity index (χ0n) is 10.6. The largest absolute Gasteiger partial charge is 0.326 e. The van der Waals surface area contributed by atoms with Crippen molar-refractivity contribution in [2.75, 3.05) is 0 Å². The molecule has 0 aromatic carbocycles. The summed E-state index contributed by atoms with van der Waals surface area (Å²) < 4.78 is 2.13. The number of aromatic nitrogens is 2. The lowest BCUT2D eigenvalue weighted by Gasteiger charge is -2.22. The van der Waals surface area contributed by atoms with Crippen molar-refractivity contribution in [3.63, 3.8) is 0 Å². The Labute approximate surface area is 92.7 Å². The fourth-order valence-corrected chi connectivity index (χ4v) is 1.97. The summed E-state index contributed by atoms with van der Waals surface area (Å²) in [4.78, 5) is 0. The summed E-state index contributed by atoms with van der Waals surface area (Å²) in [5.41, 5.74) is 9.55. The molecule has 86 valence electrons. The number of hydrogen-bond donors (Lipinski definition) is 1. The van der Waals surface area contributed by atoms with E-state index in [1.54, 1.807) is 0 Å². The van der Waals surface area contributed by atoms with E-state index in [9.17, 15) is 0 Å². The highest BCUT2D eigenvalue weighted by molar-refractivity contribution is 5.27. The lowest BCUT2D eigenvalue weighted by atomic mass is 10.1. The van der Waals surface area contributed by atoms with Crippen molar-refractivity contribution in [2.45, 2.75) is 59.5 Å². The molecule has 0 spiro atoms. The van der Waals surface area contributed by atoms with Crippen molar-refractivity contribution in [2.24, 2.45) is 5.73 Å². The minimum absolute atomic E-state index is 0.0443. The molecule has 3 nitrogen and oxygen atoms in total. The first-order valence-corrected chi connectivity index (χ1v) is 5.75. The number of hydrogen-bond acceptors (Lipinski definition) is 2. The molecule has 0 unspecified atom stereocenters. The molecular formula is C12H23N3. The van der Waals surface area contributed by atoms with E-state index in [2.05, 4.69) is 44.4 Å². The van der Waals surface area contributed by atoms with Gasteiger partial charge in [0, 0.05) is 17.8 Å². The maximum absolute atomic E-state index is 5.81. The minimum atomic E-state index is 0.0443. The molecular weight excluding hydrogens is 186 g/mol. The zero-order valence-corrected chi connectivity index (χ0v) is 10.6. The third kappa shape index (κ3) is 2.23. The average Bonchev–Trinajstić information content (AvgIpc) is 2.54. The third-order valence-corrected chi connectivity index (χ3v) is 2.68. The van der Waals surface area contributed by atoms with Gasteiger partial charge in [-0.2, -0.15) is 5.10 Å². The van der Waals surface area contributed by atoms with E-state index in [-0.39, 0.29) is 5.54 Å². The second kappa shape index (κ2) is 4.35. The Morgan fingerprint density at radius 1 is 1.20 bits per heavy atom. The Balaban J connectivity index is 3.34. The van der Waals surface area contributed by atoms with Crippen LogP contribution in [0.5, 0.6) is 0 Å². The Morgan fingerprint density at radius 2 is 1.80 bits per heavy atom. The van der Waals surface area contributed by atoms with Crippen molar-refractivity contribution in [3.05, 3.63) is 17.0 Å². The van der Waals surface area contributed by atoms with Crippen LogP contribution in [-0.2, 0) is 24.9 Å². The van der Waals surface area contributed by atoms with Gasteiger partial charge in [-0.1, -0.05) is 13.8 Å². The number of aryl methyl sites for hydroxylation is 1. The summed E-state index contributed by atoms with van der Waals surface area (Å²) in [6, 6.07) is 0. The molecule has 0 bridgehead atoms. The molecule has 15 heavy (non-hydrogen) atoms. The summed E-state index contributed by atoms with van der Waals surface area (Å²) in [7, 11) is 0. The van der Waals surface area contributed by atoms with E-state index in [1.807, 2.05) is 0 Å². The standard InChI is InChI=1S/C12H23N3/c1-6-10-9(8-13)11(7-2)15(14-10)12(3,4)5/h6-8,13H2,1-5H3. The molecule has 1 aromatic heterocycles. The van der Waals surface area contributed by atoms with E-state index >= 15 is 0 Å². The van der Waals surface area contributed by atoms with Crippen LogP contribution in [0.25, 0.3) is 0 Å². The minimum Gasteiger partial charge on any atom is -0.326 e. The Kier molecular flexibility index (Phi) is 3.55. The monoisotopic (exact) mass is 209 g/mol. The van der Waals surface area contributed by atoms with Gasteiger partial charge in [0.2, 0.25) is 0 Å². The molecule has 1 rings (SSSR count). The van der Waals surface area contributed by atoms with Crippen molar-refractivity contribution >= 4 is 0 Å². The normalized spacial score (nSPS) is 12.1. The first-order valence-electron chi connectivity index (χ1n) is 5.75. The third-order valence-electron chi connectivity index (χ3n) is 2.68. The smallest absolute Gasteiger partial charge is 0.0669 e. The van der Waals surface area contributed by atoms with Gasteiger partial charge in [-0.3, -0.25) is 4.68 Å². The van der Waals surface area contributed by atoms with Crippen molar-refractivity contribution in [1.29, 1.82) is 0 Å². The van der Waals surface area contributed by atoms with E-state index in [0.717, 1.165) is 18.5 Å². The molecule has 0 aliphatic rings. The van der Waals surface area contributed by atoms with Gasteiger partial charge in [-0.05, 0) is 33.6 Å². The number of rotatable bonds is 3. The summed E-state index contributed by atoms with van der Waals surface area (Å²) in [5, 5.41) is 4.68. The Bertz CT molecular complexity index is 331. The van der Waals surface area contributed by atoms with Crippen molar-refractivity contribution in [3.8, 4) is 0 Å². The van der Waals surface area contributed by atoms with Crippen LogP contribution in [0.2, 0.25) is 0 Å². The zero-order chi connectivity index (χ0) is 11.6. The van der Waals surface area contributed by atoms with Gasteiger partial charge < -0.3 is 5.73 Å². The Hall–Kier alpha value is -0.830. The summed E-state index contributed by atoms with van der Waals surface area (Å²) in [6.45, 7) is 11.4. The van der Waals surface area contributed by atoms with Crippen LogP contribution in [0.3, 0.4) is 0 Å². The molecule has 0 atom stereocenters. The molecule has 0 saturated carbocycles. The topological polar surface area (TPSA) is 43.8 Å². The van der Waals surface area contributed by atoms with Crippen LogP contribution >= 0.6 is 0 Å². The average molecular weight is 209 g/mol. The summed E-state index contributed by atoms with van der Waals surface area (Å²) in [5.74, 6) is 0. The van der Waals surface area contributed by atoms with Crippen LogP contribution < -0.4 is 5.73 Å². The quantitative estimate of drug-likeness (QED) is 0.829. The lowest BCUT2D eigenvalue weighted by Crippen LogP contribution is -2.25. The van der Waals surface area contributed by atoms with E-state index in [4.69, 9.17) is 5.73 Å². The maximum atomic E-state index is 5.81. The molecule has 1 aromatic rings. The lowest BCUT2D eigenvalue weighted by molar-refractivity contribution is 0.342. The Morgan fingerprint density at radius 3 is 2.13 bits per heavy atom. The predicted octanol–water partition coefficient (Wildman–Crippen LogP) is 2.22. The SMILES string of the molecule is CCc1nn(C(C)(C)C)c(CC)c1CN. The molecule has 0 aliphatic heterocycles. The molecule has 0 aliphatic carbocycles. The second-order valence-electron chi connectivity index (χ2n) is 4.87. The van der Waals surface area contributed by atoms with E-state index < -0.39 is 0 Å². The highest BCUT2D eigenvalue weighted by Gasteiger charge is 2.22. The number of nitrogens with zero attached hydrogens (tertiary/aromatic N) is 2. The van der Waals surface area contributed by atoms with E-state index in [1.165, 1.54) is 11.3 Å². The second-order valence-corrected chi connectivity index (χ2v) is 4.87. The molecule has 2 N–H and O–H groups in total. The molecule has 0 fully saturated rings. The van der Waals surface area contributed by atoms with Gasteiger partial charge in [0.15, 0.2) is 0 Å². The molecule has 0 saturated heterocycles. The van der Waals surface area contributed by atoms with Crippen LogP contribution in [0.15, 0.2) is 0 Å². The van der Waals surface area contributed by atoms with Gasteiger partial charge in [-0.25, -0.2) is 0 Å². The first kappa shape index (κ1) is 12.2. The predicted molar refractivity (Wildman–Crippen MR) is 63.9 cm³/mol. The van der Waals surface area contributed by atoms with Gasteiger partial charge in [-0.15, -0.1) is 0 Å². The molecule has 1 heterocycles. The van der Waals surface area contributed by atoms with Gasteiger partial charge in [0.1, 0.15) is 0 Å². The fraction of sp³-hybridized carbons (Fsp3) is 0.750. The van der Waals surface area contributed by atoms with Crippen LogP contribution in [-0.4, -0.2) is 9.78 Å². The van der Waals surface area contributed by atoms with Crippen LogP contribution in [0, 0.1) is 0 Å². The van der Waals surface area contributed by atoms with Crippen molar-refractivity contribution < 1.29 is 0 Å². The first-order chi connectivity index (χ1) is 6.95. The number of nitrogens with two attached hydrogens (primary N) is 1. The highest BCUT2D eigenvalue weighted by Crippen LogP contribution is 2.22.